The van der Waals surface area contributed by atoms with E-state index in [1.165, 1.54) is 55.6 Å². The number of sulfonamides is 1. The van der Waals surface area contributed by atoms with Gasteiger partial charge in [-0.1, -0.05) is 17.7 Å². The third kappa shape index (κ3) is 6.02. The van der Waals surface area contributed by atoms with Crippen molar-refractivity contribution in [2.24, 2.45) is 0 Å². The molecule has 0 fully saturated rings. The van der Waals surface area contributed by atoms with E-state index in [4.69, 9.17) is 16.3 Å². The van der Waals surface area contributed by atoms with Crippen molar-refractivity contribution >= 4 is 45.0 Å². The number of ether oxygens (including phenoxy) is 1. The Kier molecular flexibility index (Phi) is 7.06. The Morgan fingerprint density at radius 2 is 1.81 bits per heavy atom. The van der Waals surface area contributed by atoms with Crippen LogP contribution in [0.3, 0.4) is 0 Å². The molecule has 166 valence electrons. The van der Waals surface area contributed by atoms with Crippen LogP contribution in [0.2, 0.25) is 5.02 Å². The van der Waals surface area contributed by atoms with Gasteiger partial charge in [0.25, 0.3) is 15.9 Å². The maximum absolute atomic E-state index is 13.0. The van der Waals surface area contributed by atoms with E-state index < -0.39 is 33.8 Å². The average molecular weight is 478 g/mol. The number of anilines is 2. The zero-order chi connectivity index (χ0) is 23.3. The molecule has 1 heterocycles. The topological polar surface area (TPSA) is 114 Å². The number of aromatic nitrogens is 1. The van der Waals surface area contributed by atoms with E-state index >= 15 is 0 Å². The molecule has 11 heteroatoms. The summed E-state index contributed by atoms with van der Waals surface area (Å²) in [6, 6.07) is 12.9. The van der Waals surface area contributed by atoms with Gasteiger partial charge in [-0.15, -0.1) is 0 Å². The summed E-state index contributed by atoms with van der Waals surface area (Å²) in [7, 11) is -4.05. The van der Waals surface area contributed by atoms with Gasteiger partial charge in [0.15, 0.2) is 6.10 Å². The standard InChI is InChI=1S/C21H17ClFN3O5S/c1-13(20(27)25-19-10-5-15(22)12-24-19)31-21(28)14-3-2-4-18(11-14)32(29,30)26-17-8-6-16(23)7-9-17/h2-13,26H,1H3,(H,24,25,27). The van der Waals surface area contributed by atoms with Crippen molar-refractivity contribution in [3.8, 4) is 0 Å². The number of hydrogen-bond acceptors (Lipinski definition) is 6. The van der Waals surface area contributed by atoms with Gasteiger partial charge in [0.1, 0.15) is 11.6 Å². The Morgan fingerprint density at radius 1 is 1.09 bits per heavy atom. The summed E-state index contributed by atoms with van der Waals surface area (Å²) in [6.45, 7) is 1.36. The molecule has 0 spiro atoms. The van der Waals surface area contributed by atoms with Crippen LogP contribution in [0.25, 0.3) is 0 Å². The lowest BCUT2D eigenvalue weighted by atomic mass is 10.2. The average Bonchev–Trinajstić information content (AvgIpc) is 2.76. The molecule has 0 aliphatic rings. The fraction of sp³-hybridized carbons (Fsp3) is 0.0952. The summed E-state index contributed by atoms with van der Waals surface area (Å²) in [4.78, 5) is 28.4. The number of benzene rings is 2. The number of nitrogens with zero attached hydrogens (tertiary/aromatic N) is 1. The van der Waals surface area contributed by atoms with Crippen LogP contribution >= 0.6 is 11.6 Å². The van der Waals surface area contributed by atoms with Gasteiger partial charge in [0.2, 0.25) is 0 Å². The van der Waals surface area contributed by atoms with E-state index in [2.05, 4.69) is 15.0 Å². The van der Waals surface area contributed by atoms with Gasteiger partial charge in [-0.3, -0.25) is 9.52 Å². The number of amides is 1. The van der Waals surface area contributed by atoms with Crippen molar-refractivity contribution in [1.82, 2.24) is 4.98 Å². The minimum atomic E-state index is -4.05. The predicted molar refractivity (Wildman–Crippen MR) is 116 cm³/mol. The number of nitrogens with one attached hydrogen (secondary N) is 2. The molecule has 0 saturated carbocycles. The molecule has 1 atom stereocenters. The molecule has 3 rings (SSSR count). The van der Waals surface area contributed by atoms with Gasteiger partial charge < -0.3 is 10.1 Å². The Labute approximate surface area is 188 Å². The summed E-state index contributed by atoms with van der Waals surface area (Å²) >= 11 is 5.74. The minimum absolute atomic E-state index is 0.0729. The third-order valence-electron chi connectivity index (χ3n) is 4.11. The maximum atomic E-state index is 13.0. The predicted octanol–water partition coefficient (Wildman–Crippen LogP) is 3.86. The third-order valence-corrected chi connectivity index (χ3v) is 5.71. The molecule has 8 nitrogen and oxygen atoms in total. The quantitative estimate of drug-likeness (QED) is 0.499. The largest absolute Gasteiger partial charge is 0.449 e. The van der Waals surface area contributed by atoms with Crippen LogP contribution < -0.4 is 10.0 Å². The number of hydrogen-bond donors (Lipinski definition) is 2. The molecule has 3 aromatic rings. The van der Waals surface area contributed by atoms with Crippen molar-refractivity contribution < 1.29 is 27.1 Å². The second-order valence-electron chi connectivity index (χ2n) is 6.54. The summed E-state index contributed by atoms with van der Waals surface area (Å²) in [5.41, 5.74) is 0.0803. The van der Waals surface area contributed by atoms with Gasteiger partial charge >= 0.3 is 5.97 Å². The van der Waals surface area contributed by atoms with E-state index in [9.17, 15) is 22.4 Å². The second-order valence-corrected chi connectivity index (χ2v) is 8.66. The first-order valence-electron chi connectivity index (χ1n) is 9.16. The number of esters is 1. The molecule has 1 unspecified atom stereocenters. The molecule has 1 amide bonds. The number of halogens is 2. The Bertz CT molecular complexity index is 1240. The Morgan fingerprint density at radius 3 is 2.47 bits per heavy atom. The lowest BCUT2D eigenvalue weighted by Gasteiger charge is -2.14. The summed E-state index contributed by atoms with van der Waals surface area (Å²) < 4.78 is 45.6. The molecule has 1 aromatic heterocycles. The van der Waals surface area contributed by atoms with Gasteiger partial charge in [-0.05, 0) is 61.5 Å². The second kappa shape index (κ2) is 9.75. The lowest BCUT2D eigenvalue weighted by Crippen LogP contribution is -2.30. The molecular weight excluding hydrogens is 461 g/mol. The Balaban J connectivity index is 1.68. The molecule has 0 aliphatic carbocycles. The van der Waals surface area contributed by atoms with E-state index in [1.54, 1.807) is 0 Å². The summed E-state index contributed by atoms with van der Waals surface area (Å²) in [5, 5.41) is 2.87. The van der Waals surface area contributed by atoms with Gasteiger partial charge in [-0.2, -0.15) is 0 Å². The van der Waals surface area contributed by atoms with Crippen LogP contribution in [0, 0.1) is 5.82 Å². The van der Waals surface area contributed by atoms with Crippen molar-refractivity contribution in [1.29, 1.82) is 0 Å². The molecule has 32 heavy (non-hydrogen) atoms. The zero-order valence-electron chi connectivity index (χ0n) is 16.6. The lowest BCUT2D eigenvalue weighted by molar-refractivity contribution is -0.123. The fourth-order valence-electron chi connectivity index (χ4n) is 2.48. The highest BCUT2D eigenvalue weighted by atomic mass is 35.5. The van der Waals surface area contributed by atoms with Crippen molar-refractivity contribution in [2.75, 3.05) is 10.0 Å². The fourth-order valence-corrected chi connectivity index (χ4v) is 3.70. The molecule has 0 aliphatic heterocycles. The number of carbonyl (C=O) groups excluding carboxylic acids is 2. The van der Waals surface area contributed by atoms with E-state index in [0.717, 1.165) is 18.2 Å². The van der Waals surface area contributed by atoms with Crippen LogP contribution in [0.4, 0.5) is 15.9 Å². The zero-order valence-corrected chi connectivity index (χ0v) is 18.2. The molecule has 0 bridgehead atoms. The highest BCUT2D eigenvalue weighted by Crippen LogP contribution is 2.18. The molecule has 2 aromatic carbocycles. The van der Waals surface area contributed by atoms with E-state index in [1.807, 2.05) is 0 Å². The van der Waals surface area contributed by atoms with Crippen LogP contribution in [0.15, 0.2) is 71.8 Å². The normalized spacial score (nSPS) is 12.0. The highest BCUT2D eigenvalue weighted by Gasteiger charge is 2.21. The molecular formula is C21H17ClFN3O5S. The first kappa shape index (κ1) is 23.2. The maximum Gasteiger partial charge on any atom is 0.338 e. The van der Waals surface area contributed by atoms with Crippen LogP contribution in [-0.2, 0) is 19.6 Å². The Hall–Kier alpha value is -3.50. The SMILES string of the molecule is CC(OC(=O)c1cccc(S(=O)(=O)Nc2ccc(F)cc2)c1)C(=O)Nc1ccc(Cl)cn1. The van der Waals surface area contributed by atoms with Crippen molar-refractivity contribution in [3.63, 3.8) is 0 Å². The van der Waals surface area contributed by atoms with Crippen molar-refractivity contribution in [2.45, 2.75) is 17.9 Å². The van der Waals surface area contributed by atoms with Crippen LogP contribution in [0.5, 0.6) is 0 Å². The number of pyridine rings is 1. The summed E-state index contributed by atoms with van der Waals surface area (Å²) in [6.07, 6.45) is 0.164. The summed E-state index contributed by atoms with van der Waals surface area (Å²) in [5.74, 6) is -1.81. The number of carbonyl (C=O) groups is 2. The number of rotatable bonds is 7. The van der Waals surface area contributed by atoms with Gasteiger partial charge in [0, 0.05) is 11.9 Å². The van der Waals surface area contributed by atoms with Crippen LogP contribution in [-0.4, -0.2) is 31.4 Å². The van der Waals surface area contributed by atoms with E-state index in [0.29, 0.717) is 5.02 Å². The van der Waals surface area contributed by atoms with Gasteiger partial charge in [-0.25, -0.2) is 22.6 Å². The highest BCUT2D eigenvalue weighted by molar-refractivity contribution is 7.92. The smallest absolute Gasteiger partial charge is 0.338 e. The van der Waals surface area contributed by atoms with Crippen LogP contribution in [0.1, 0.15) is 17.3 Å². The van der Waals surface area contributed by atoms with Gasteiger partial charge in [0.05, 0.1) is 15.5 Å². The minimum Gasteiger partial charge on any atom is -0.449 e. The first-order chi connectivity index (χ1) is 15.1. The molecule has 0 radical (unpaired) electrons. The molecule has 0 saturated heterocycles. The first-order valence-corrected chi connectivity index (χ1v) is 11.0. The molecule has 2 N–H and O–H groups in total. The monoisotopic (exact) mass is 477 g/mol. The van der Waals surface area contributed by atoms with E-state index in [-0.39, 0.29) is 22.0 Å². The van der Waals surface area contributed by atoms with Crippen molar-refractivity contribution in [3.05, 3.63) is 83.3 Å².